The van der Waals surface area contributed by atoms with Gasteiger partial charge in [0.05, 0.1) is 23.7 Å². The molecule has 14 heteroatoms. The van der Waals surface area contributed by atoms with Crippen LogP contribution in [0, 0.1) is 6.92 Å². The minimum absolute atomic E-state index is 0.00527. The van der Waals surface area contributed by atoms with E-state index in [1.54, 1.807) is 0 Å². The number of hydroxylamine groups is 1. The summed E-state index contributed by atoms with van der Waals surface area (Å²) in [6.45, 7) is 1.41. The van der Waals surface area contributed by atoms with Crippen LogP contribution in [0.2, 0.25) is 0 Å². The fraction of sp³-hybridized carbons (Fsp3) is 0.370. The molecular weight excluding hydrogens is 565 g/mol. The molecule has 3 aromatic rings. The number of anilines is 1. The standard InChI is InChI=1S/C27H29F3N4O6S/c1-18-14-19(22-6-3-4-7-23(22)31-18)16-40-21-10-8-20(9-11-21)34(25(36)27(28,29)30)26(15-24(35)32-37)12-5-13-33(17-26)41(2,38)39/h3-4,6-11,14,37H,5,12-13,15-17H2,1-2H3,(H,32,35). The number of para-hydroxylation sites is 1. The molecule has 220 valence electrons. The SMILES string of the molecule is Cc1cc(COc2ccc(N(C(=O)C(F)(F)F)C3(CC(=O)NO)CCCN(S(C)(=O)=O)C3)cc2)c2ccccc2n1. The van der Waals surface area contributed by atoms with Crippen LogP contribution in [-0.4, -0.2) is 65.8 Å². The van der Waals surface area contributed by atoms with Crippen LogP contribution in [0.1, 0.15) is 30.5 Å². The van der Waals surface area contributed by atoms with Gasteiger partial charge in [0.1, 0.15) is 12.4 Å². The van der Waals surface area contributed by atoms with E-state index >= 15 is 0 Å². The van der Waals surface area contributed by atoms with Crippen LogP contribution < -0.4 is 15.1 Å². The first kappa shape index (κ1) is 30.2. The molecule has 0 bridgehead atoms. The Bertz CT molecular complexity index is 1550. The van der Waals surface area contributed by atoms with Crippen LogP contribution in [0.25, 0.3) is 10.9 Å². The number of carbonyl (C=O) groups is 2. The highest BCUT2D eigenvalue weighted by atomic mass is 32.2. The molecule has 0 spiro atoms. The molecule has 1 aliphatic rings. The second kappa shape index (κ2) is 11.6. The van der Waals surface area contributed by atoms with Crippen LogP contribution in [0.15, 0.2) is 54.6 Å². The van der Waals surface area contributed by atoms with Crippen molar-refractivity contribution in [2.24, 2.45) is 0 Å². The lowest BCUT2D eigenvalue weighted by Gasteiger charge is -2.48. The maximum absolute atomic E-state index is 13.9. The lowest BCUT2D eigenvalue weighted by Crippen LogP contribution is -2.65. The molecule has 1 aromatic heterocycles. The quantitative estimate of drug-likeness (QED) is 0.301. The third-order valence-electron chi connectivity index (χ3n) is 6.94. The predicted molar refractivity (Wildman–Crippen MR) is 144 cm³/mol. The van der Waals surface area contributed by atoms with Gasteiger partial charge in [-0.1, -0.05) is 18.2 Å². The Morgan fingerprint density at radius 1 is 1.17 bits per heavy atom. The molecule has 1 saturated heterocycles. The summed E-state index contributed by atoms with van der Waals surface area (Å²) in [7, 11) is -3.88. The maximum atomic E-state index is 13.9. The summed E-state index contributed by atoms with van der Waals surface area (Å²) >= 11 is 0. The average molecular weight is 595 g/mol. The molecule has 0 saturated carbocycles. The zero-order chi connectivity index (χ0) is 30.0. The lowest BCUT2D eigenvalue weighted by molar-refractivity contribution is -0.172. The average Bonchev–Trinajstić information content (AvgIpc) is 2.91. The van der Waals surface area contributed by atoms with Crippen molar-refractivity contribution in [3.63, 3.8) is 0 Å². The highest BCUT2D eigenvalue weighted by Gasteiger charge is 2.53. The van der Waals surface area contributed by atoms with Gasteiger partial charge in [-0.25, -0.2) is 13.9 Å². The summed E-state index contributed by atoms with van der Waals surface area (Å²) in [5.74, 6) is -3.04. The first-order chi connectivity index (χ1) is 19.2. The molecule has 1 fully saturated rings. The van der Waals surface area contributed by atoms with E-state index < -0.39 is 46.5 Å². The molecule has 2 N–H and O–H groups in total. The molecule has 0 aliphatic carbocycles. The van der Waals surface area contributed by atoms with Gasteiger partial charge in [-0.2, -0.15) is 17.5 Å². The van der Waals surface area contributed by atoms with Crippen molar-refractivity contribution in [2.45, 2.75) is 44.5 Å². The normalized spacial score (nSPS) is 18.2. The monoisotopic (exact) mass is 594 g/mol. The molecule has 1 unspecified atom stereocenters. The number of alkyl halides is 3. The third kappa shape index (κ3) is 6.77. The molecule has 4 rings (SSSR count). The number of sulfonamides is 1. The number of ether oxygens (including phenoxy) is 1. The molecule has 2 aromatic carbocycles. The lowest BCUT2D eigenvalue weighted by atomic mass is 9.83. The van der Waals surface area contributed by atoms with Gasteiger partial charge in [0.2, 0.25) is 15.9 Å². The number of aromatic nitrogens is 1. The van der Waals surface area contributed by atoms with Gasteiger partial charge >= 0.3 is 12.1 Å². The summed E-state index contributed by atoms with van der Waals surface area (Å²) < 4.78 is 73.2. The maximum Gasteiger partial charge on any atom is 0.471 e. The number of rotatable bonds is 8. The zero-order valence-electron chi connectivity index (χ0n) is 22.3. The number of halogens is 3. The fourth-order valence-corrected chi connectivity index (χ4v) is 6.13. The Balaban J connectivity index is 1.69. The number of benzene rings is 2. The predicted octanol–water partition coefficient (Wildman–Crippen LogP) is 3.71. The van der Waals surface area contributed by atoms with Crippen molar-refractivity contribution in [3.8, 4) is 5.75 Å². The molecule has 0 radical (unpaired) electrons. The van der Waals surface area contributed by atoms with Crippen molar-refractivity contribution in [1.29, 1.82) is 0 Å². The Morgan fingerprint density at radius 2 is 1.85 bits per heavy atom. The number of aryl methyl sites for hydroxylation is 1. The van der Waals surface area contributed by atoms with Crippen molar-refractivity contribution in [3.05, 3.63) is 65.9 Å². The minimum Gasteiger partial charge on any atom is -0.489 e. The molecule has 10 nitrogen and oxygen atoms in total. The van der Waals surface area contributed by atoms with Gasteiger partial charge in [-0.15, -0.1) is 0 Å². The number of amides is 2. The van der Waals surface area contributed by atoms with Gasteiger partial charge in [0, 0.05) is 35.4 Å². The Morgan fingerprint density at radius 3 is 2.49 bits per heavy atom. The number of carbonyl (C=O) groups excluding carboxylic acids is 2. The molecule has 1 atom stereocenters. The number of piperidine rings is 1. The van der Waals surface area contributed by atoms with E-state index in [1.165, 1.54) is 29.7 Å². The zero-order valence-corrected chi connectivity index (χ0v) is 23.1. The summed E-state index contributed by atoms with van der Waals surface area (Å²) in [5, 5.41) is 10.0. The van der Waals surface area contributed by atoms with Gasteiger partial charge < -0.3 is 4.74 Å². The summed E-state index contributed by atoms with van der Waals surface area (Å²) in [6, 6.07) is 14.6. The van der Waals surface area contributed by atoms with Gasteiger partial charge in [-0.05, 0) is 56.2 Å². The van der Waals surface area contributed by atoms with Crippen LogP contribution in [0.5, 0.6) is 5.75 Å². The van der Waals surface area contributed by atoms with Crippen LogP contribution in [0.3, 0.4) is 0 Å². The third-order valence-corrected chi connectivity index (χ3v) is 8.19. The van der Waals surface area contributed by atoms with Crippen molar-refractivity contribution < 1.29 is 41.1 Å². The summed E-state index contributed by atoms with van der Waals surface area (Å²) in [6.07, 6.45) is -5.27. The van der Waals surface area contributed by atoms with Crippen molar-refractivity contribution in [1.82, 2.24) is 14.8 Å². The Kier molecular flexibility index (Phi) is 8.57. The minimum atomic E-state index is -5.34. The highest BCUT2D eigenvalue weighted by molar-refractivity contribution is 7.88. The number of pyridine rings is 1. The van der Waals surface area contributed by atoms with Crippen molar-refractivity contribution in [2.75, 3.05) is 24.2 Å². The number of hydrogen-bond acceptors (Lipinski definition) is 7. The van der Waals surface area contributed by atoms with Crippen LogP contribution in [0.4, 0.5) is 18.9 Å². The highest BCUT2D eigenvalue weighted by Crippen LogP contribution is 2.39. The van der Waals surface area contributed by atoms with E-state index in [0.29, 0.717) is 10.6 Å². The number of nitrogens with zero attached hydrogens (tertiary/aromatic N) is 3. The van der Waals surface area contributed by atoms with E-state index in [1.807, 2.05) is 37.3 Å². The van der Waals surface area contributed by atoms with E-state index in [-0.39, 0.29) is 31.7 Å². The first-order valence-electron chi connectivity index (χ1n) is 12.6. The van der Waals surface area contributed by atoms with Gasteiger partial charge in [-0.3, -0.25) is 24.7 Å². The molecular formula is C27H29F3N4O6S. The Hall–Kier alpha value is -3.75. The van der Waals surface area contributed by atoms with E-state index in [0.717, 1.165) is 32.7 Å². The summed E-state index contributed by atoms with van der Waals surface area (Å²) in [5.41, 5.74) is 1.65. The van der Waals surface area contributed by atoms with E-state index in [4.69, 9.17) is 9.94 Å². The van der Waals surface area contributed by atoms with Gasteiger partial charge in [0.25, 0.3) is 0 Å². The van der Waals surface area contributed by atoms with Crippen LogP contribution >= 0.6 is 0 Å². The molecule has 2 amide bonds. The van der Waals surface area contributed by atoms with E-state index in [2.05, 4.69) is 4.98 Å². The number of nitrogens with one attached hydrogen (secondary N) is 1. The van der Waals surface area contributed by atoms with E-state index in [9.17, 15) is 31.2 Å². The molecule has 2 heterocycles. The van der Waals surface area contributed by atoms with Crippen molar-refractivity contribution >= 4 is 38.4 Å². The first-order valence-corrected chi connectivity index (χ1v) is 14.5. The number of hydrogen-bond donors (Lipinski definition) is 2. The smallest absolute Gasteiger partial charge is 0.471 e. The number of fused-ring (bicyclic) bond motifs is 1. The summed E-state index contributed by atoms with van der Waals surface area (Å²) in [4.78, 5) is 30.0. The van der Waals surface area contributed by atoms with Crippen LogP contribution in [-0.2, 0) is 26.2 Å². The largest absolute Gasteiger partial charge is 0.489 e. The fourth-order valence-electron chi connectivity index (χ4n) is 5.20. The second-order valence-corrected chi connectivity index (χ2v) is 12.0. The molecule has 41 heavy (non-hydrogen) atoms. The second-order valence-electron chi connectivity index (χ2n) is 10.00. The van der Waals surface area contributed by atoms with Gasteiger partial charge in [0.15, 0.2) is 0 Å². The molecule has 1 aliphatic heterocycles. The topological polar surface area (TPSA) is 129 Å². The Labute approximate surface area is 234 Å².